The lowest BCUT2D eigenvalue weighted by Crippen LogP contribution is -2.32. The summed E-state index contributed by atoms with van der Waals surface area (Å²) in [5.41, 5.74) is -0.424. The topological polar surface area (TPSA) is 51.5 Å². The molecule has 0 saturated heterocycles. The Morgan fingerprint density at radius 1 is 1.53 bits per heavy atom. The molecule has 1 heterocycles. The molecule has 1 rings (SSSR count). The van der Waals surface area contributed by atoms with Crippen molar-refractivity contribution in [3.8, 4) is 0 Å². The Morgan fingerprint density at radius 2 is 2.24 bits per heavy atom. The van der Waals surface area contributed by atoms with Gasteiger partial charge >= 0.3 is 5.97 Å². The van der Waals surface area contributed by atoms with Gasteiger partial charge in [-0.15, -0.1) is 0 Å². The Morgan fingerprint density at radius 3 is 2.76 bits per heavy atom. The van der Waals surface area contributed by atoms with Crippen LogP contribution in [-0.2, 0) is 16.1 Å². The second-order valence-corrected chi connectivity index (χ2v) is 5.14. The summed E-state index contributed by atoms with van der Waals surface area (Å²) < 4.78 is 10.5. The van der Waals surface area contributed by atoms with Gasteiger partial charge in [0, 0.05) is 6.54 Å². The van der Waals surface area contributed by atoms with Gasteiger partial charge in [-0.05, 0) is 32.9 Å². The van der Waals surface area contributed by atoms with E-state index in [1.807, 2.05) is 39.8 Å². The smallest absolute Gasteiger partial charge is 0.310 e. The maximum Gasteiger partial charge on any atom is 0.310 e. The fraction of sp³-hybridized carbons (Fsp3) is 0.615. The molecule has 0 spiro atoms. The number of rotatable bonds is 5. The van der Waals surface area contributed by atoms with Crippen LogP contribution in [0.3, 0.4) is 0 Å². The molecule has 1 aromatic heterocycles. The molecule has 0 fully saturated rings. The van der Waals surface area contributed by atoms with E-state index in [1.54, 1.807) is 6.26 Å². The highest BCUT2D eigenvalue weighted by Gasteiger charge is 2.21. The summed E-state index contributed by atoms with van der Waals surface area (Å²) in [5.74, 6) is 0.523. The Hall–Kier alpha value is -1.29. The minimum Gasteiger partial charge on any atom is -0.468 e. The Kier molecular flexibility index (Phi) is 4.75. The van der Waals surface area contributed by atoms with E-state index < -0.39 is 5.60 Å². The molecule has 0 aromatic carbocycles. The predicted octanol–water partition coefficient (Wildman–Crippen LogP) is 2.35. The van der Waals surface area contributed by atoms with Crippen LogP contribution >= 0.6 is 0 Å². The van der Waals surface area contributed by atoms with Gasteiger partial charge in [0.05, 0.1) is 18.7 Å². The van der Waals surface area contributed by atoms with Gasteiger partial charge < -0.3 is 14.5 Å². The van der Waals surface area contributed by atoms with Gasteiger partial charge in [0.1, 0.15) is 11.4 Å². The van der Waals surface area contributed by atoms with E-state index in [0.717, 1.165) is 5.76 Å². The standard InChI is InChI=1S/C13H21NO3/c1-10(12(15)17-13(2,3)4)8-14-9-11-6-5-7-16-11/h5-7,10,14H,8-9H2,1-4H3. The number of carbonyl (C=O) groups is 1. The average Bonchev–Trinajstić information content (AvgIpc) is 2.67. The third kappa shape index (κ3) is 5.54. The lowest BCUT2D eigenvalue weighted by molar-refractivity contribution is -0.159. The first-order valence-corrected chi connectivity index (χ1v) is 5.84. The molecule has 1 unspecified atom stereocenters. The molecule has 4 nitrogen and oxygen atoms in total. The highest BCUT2D eigenvalue weighted by atomic mass is 16.6. The zero-order valence-corrected chi connectivity index (χ0v) is 10.9. The third-order valence-corrected chi connectivity index (χ3v) is 2.14. The highest BCUT2D eigenvalue weighted by Crippen LogP contribution is 2.10. The second-order valence-electron chi connectivity index (χ2n) is 5.14. The Labute approximate surface area is 102 Å². The van der Waals surface area contributed by atoms with Crippen molar-refractivity contribution in [2.24, 2.45) is 5.92 Å². The van der Waals surface area contributed by atoms with Gasteiger partial charge in [-0.3, -0.25) is 4.79 Å². The van der Waals surface area contributed by atoms with E-state index in [2.05, 4.69) is 5.32 Å². The maximum atomic E-state index is 11.7. The maximum absolute atomic E-state index is 11.7. The van der Waals surface area contributed by atoms with Crippen LogP contribution in [0.5, 0.6) is 0 Å². The van der Waals surface area contributed by atoms with Crippen LogP contribution in [0.25, 0.3) is 0 Å². The number of esters is 1. The number of furan rings is 1. The number of carbonyl (C=O) groups excluding carboxylic acids is 1. The van der Waals surface area contributed by atoms with Gasteiger partial charge in [-0.1, -0.05) is 6.92 Å². The second kappa shape index (κ2) is 5.87. The fourth-order valence-corrected chi connectivity index (χ4v) is 1.31. The summed E-state index contributed by atoms with van der Waals surface area (Å²) in [6.07, 6.45) is 1.63. The van der Waals surface area contributed by atoms with E-state index in [1.165, 1.54) is 0 Å². The molecular formula is C13H21NO3. The minimum atomic E-state index is -0.424. The van der Waals surface area contributed by atoms with Crippen LogP contribution in [0, 0.1) is 5.92 Å². The number of hydrogen-bond donors (Lipinski definition) is 1. The zero-order chi connectivity index (χ0) is 12.9. The molecule has 4 heteroatoms. The first kappa shape index (κ1) is 13.8. The van der Waals surface area contributed by atoms with E-state index in [4.69, 9.17) is 9.15 Å². The van der Waals surface area contributed by atoms with Crippen LogP contribution in [-0.4, -0.2) is 18.1 Å². The molecule has 0 bridgehead atoms. The van der Waals surface area contributed by atoms with Crippen molar-refractivity contribution < 1.29 is 13.9 Å². The van der Waals surface area contributed by atoms with Crippen molar-refractivity contribution >= 4 is 5.97 Å². The Balaban J connectivity index is 2.25. The molecule has 1 aromatic rings. The fourth-order valence-electron chi connectivity index (χ4n) is 1.31. The van der Waals surface area contributed by atoms with Crippen molar-refractivity contribution in [3.63, 3.8) is 0 Å². The summed E-state index contributed by atoms with van der Waals surface area (Å²) in [5, 5.41) is 3.16. The van der Waals surface area contributed by atoms with Gasteiger partial charge in [0.25, 0.3) is 0 Å². The SMILES string of the molecule is CC(CNCc1ccco1)C(=O)OC(C)(C)C. The van der Waals surface area contributed by atoms with Gasteiger partial charge in [0.15, 0.2) is 0 Å². The van der Waals surface area contributed by atoms with Crippen LogP contribution in [0.2, 0.25) is 0 Å². The largest absolute Gasteiger partial charge is 0.468 e. The lowest BCUT2D eigenvalue weighted by Gasteiger charge is -2.22. The van der Waals surface area contributed by atoms with E-state index in [9.17, 15) is 4.79 Å². The molecule has 0 amide bonds. The molecule has 0 aliphatic heterocycles. The Bertz CT molecular complexity index is 338. The monoisotopic (exact) mass is 239 g/mol. The molecule has 0 aliphatic rings. The van der Waals surface area contributed by atoms with Crippen molar-refractivity contribution in [2.75, 3.05) is 6.54 Å². The first-order chi connectivity index (χ1) is 7.88. The van der Waals surface area contributed by atoms with Crippen molar-refractivity contribution in [2.45, 2.75) is 39.8 Å². The molecule has 17 heavy (non-hydrogen) atoms. The van der Waals surface area contributed by atoms with Gasteiger partial charge in [0.2, 0.25) is 0 Å². The third-order valence-electron chi connectivity index (χ3n) is 2.14. The average molecular weight is 239 g/mol. The van der Waals surface area contributed by atoms with Crippen LogP contribution < -0.4 is 5.32 Å². The molecule has 0 radical (unpaired) electrons. The quantitative estimate of drug-likeness (QED) is 0.801. The molecule has 96 valence electrons. The number of ether oxygens (including phenoxy) is 1. The normalized spacial score (nSPS) is 13.4. The molecule has 0 aliphatic carbocycles. The molecule has 1 atom stereocenters. The summed E-state index contributed by atoms with van der Waals surface area (Å²) in [4.78, 5) is 11.7. The highest BCUT2D eigenvalue weighted by molar-refractivity contribution is 5.72. The van der Waals surface area contributed by atoms with E-state index >= 15 is 0 Å². The summed E-state index contributed by atoms with van der Waals surface area (Å²) in [6, 6.07) is 3.74. The van der Waals surface area contributed by atoms with Crippen LogP contribution in [0.15, 0.2) is 22.8 Å². The number of nitrogens with one attached hydrogen (secondary N) is 1. The molecule has 0 saturated carbocycles. The van der Waals surface area contributed by atoms with Crippen molar-refractivity contribution in [3.05, 3.63) is 24.2 Å². The summed E-state index contributed by atoms with van der Waals surface area (Å²) in [7, 11) is 0. The van der Waals surface area contributed by atoms with Crippen LogP contribution in [0.4, 0.5) is 0 Å². The first-order valence-electron chi connectivity index (χ1n) is 5.84. The van der Waals surface area contributed by atoms with Crippen molar-refractivity contribution in [1.29, 1.82) is 0 Å². The van der Waals surface area contributed by atoms with Crippen molar-refractivity contribution in [1.82, 2.24) is 5.32 Å². The van der Waals surface area contributed by atoms with Crippen LogP contribution in [0.1, 0.15) is 33.5 Å². The van der Waals surface area contributed by atoms with Gasteiger partial charge in [-0.25, -0.2) is 0 Å². The van der Waals surface area contributed by atoms with Gasteiger partial charge in [-0.2, -0.15) is 0 Å². The number of hydrogen-bond acceptors (Lipinski definition) is 4. The van der Waals surface area contributed by atoms with E-state index in [0.29, 0.717) is 13.1 Å². The lowest BCUT2D eigenvalue weighted by atomic mass is 10.1. The summed E-state index contributed by atoms with van der Waals surface area (Å²) >= 11 is 0. The summed E-state index contributed by atoms with van der Waals surface area (Å²) in [6.45, 7) is 8.66. The molecule has 1 N–H and O–H groups in total. The predicted molar refractivity (Wildman–Crippen MR) is 65.4 cm³/mol. The zero-order valence-electron chi connectivity index (χ0n) is 10.9. The minimum absolute atomic E-state index is 0.163. The van der Waals surface area contributed by atoms with E-state index in [-0.39, 0.29) is 11.9 Å². The molecular weight excluding hydrogens is 218 g/mol.